The van der Waals surface area contributed by atoms with E-state index in [-0.39, 0.29) is 0 Å². The van der Waals surface area contributed by atoms with Crippen LogP contribution >= 0.6 is 0 Å². The summed E-state index contributed by atoms with van der Waals surface area (Å²) in [6.45, 7) is 3.52. The van der Waals surface area contributed by atoms with Gasteiger partial charge in [-0.1, -0.05) is 25.7 Å². The van der Waals surface area contributed by atoms with Crippen LogP contribution < -0.4 is 5.32 Å². The summed E-state index contributed by atoms with van der Waals surface area (Å²) in [5.41, 5.74) is 0.430. The van der Waals surface area contributed by atoms with E-state index >= 15 is 0 Å². The smallest absolute Gasteiger partial charge is 0.193 e. The molecule has 2 saturated heterocycles. The van der Waals surface area contributed by atoms with Crippen molar-refractivity contribution in [2.75, 3.05) is 46.2 Å². The number of hydrogen-bond acceptors (Lipinski definition) is 4. The van der Waals surface area contributed by atoms with Gasteiger partial charge >= 0.3 is 0 Å². The largest absolute Gasteiger partial charge is 0.381 e. The molecular formula is C20H37N3O3S. The molecule has 0 aromatic heterocycles. The minimum Gasteiger partial charge on any atom is -0.381 e. The van der Waals surface area contributed by atoms with E-state index in [1.807, 2.05) is 7.05 Å². The molecule has 0 unspecified atom stereocenters. The Morgan fingerprint density at radius 3 is 2.26 bits per heavy atom. The average molecular weight is 400 g/mol. The number of ether oxygens (including phenoxy) is 1. The fraction of sp³-hybridized carbons (Fsp3) is 0.950. The third-order valence-electron chi connectivity index (χ3n) is 7.10. The van der Waals surface area contributed by atoms with Gasteiger partial charge in [0.1, 0.15) is 0 Å². The minimum atomic E-state index is -3.17. The van der Waals surface area contributed by atoms with Gasteiger partial charge in [0.25, 0.3) is 0 Å². The van der Waals surface area contributed by atoms with Gasteiger partial charge in [0.05, 0.1) is 4.75 Å². The summed E-state index contributed by atoms with van der Waals surface area (Å²) in [6.07, 6.45) is 13.1. The van der Waals surface area contributed by atoms with Crippen molar-refractivity contribution in [2.24, 2.45) is 10.4 Å². The third-order valence-corrected chi connectivity index (χ3v) is 9.22. The quantitative estimate of drug-likeness (QED) is 0.583. The molecule has 3 rings (SSSR count). The highest BCUT2D eigenvalue weighted by Gasteiger charge is 2.43. The second-order valence-corrected chi connectivity index (χ2v) is 11.3. The molecule has 6 nitrogen and oxygen atoms in total. The normalized spacial score (nSPS) is 26.6. The first-order chi connectivity index (χ1) is 12.9. The predicted octanol–water partition coefficient (Wildman–Crippen LogP) is 2.59. The van der Waals surface area contributed by atoms with Crippen LogP contribution in [0.25, 0.3) is 0 Å². The maximum atomic E-state index is 12.5. The van der Waals surface area contributed by atoms with E-state index in [0.29, 0.717) is 38.0 Å². The summed E-state index contributed by atoms with van der Waals surface area (Å²) in [4.78, 5) is 6.90. The Bertz CT molecular complexity index is 618. The Hall–Kier alpha value is -0.820. The van der Waals surface area contributed by atoms with Crippen LogP contribution in [0.1, 0.15) is 64.2 Å². The summed E-state index contributed by atoms with van der Waals surface area (Å²) in [5.74, 6) is 0.868. The van der Waals surface area contributed by atoms with Gasteiger partial charge in [-0.05, 0) is 43.9 Å². The molecule has 0 amide bonds. The molecule has 0 bridgehead atoms. The van der Waals surface area contributed by atoms with E-state index < -0.39 is 14.6 Å². The predicted molar refractivity (Wildman–Crippen MR) is 110 cm³/mol. The molecule has 1 N–H and O–H groups in total. The number of piperidine rings is 1. The number of nitrogens with zero attached hydrogens (tertiary/aromatic N) is 2. The Balaban J connectivity index is 1.67. The molecule has 1 spiro atoms. The van der Waals surface area contributed by atoms with Crippen molar-refractivity contribution in [3.8, 4) is 0 Å². The highest BCUT2D eigenvalue weighted by Crippen LogP contribution is 2.42. The van der Waals surface area contributed by atoms with Crippen LogP contribution in [0.4, 0.5) is 0 Å². The third kappa shape index (κ3) is 4.78. The first-order valence-corrected chi connectivity index (χ1v) is 12.5. The fourth-order valence-corrected chi connectivity index (χ4v) is 6.51. The standard InChI is InChI=1S/C20H37N3O3S/c1-21-18(22-16-20(27(2,24)25)11-14-26-15-12-20)23-13-7-10-19(17-23)8-5-3-4-6-9-19/h3-17H2,1-2H3,(H,21,22). The highest BCUT2D eigenvalue weighted by molar-refractivity contribution is 7.92. The molecule has 0 radical (unpaired) electrons. The molecule has 0 aromatic carbocycles. The summed E-state index contributed by atoms with van der Waals surface area (Å²) < 4.78 is 29.7. The number of aliphatic imine (C=N–C) groups is 1. The topological polar surface area (TPSA) is 71.0 Å². The van der Waals surface area contributed by atoms with E-state index in [1.54, 1.807) is 0 Å². The Morgan fingerprint density at radius 2 is 1.67 bits per heavy atom. The van der Waals surface area contributed by atoms with Crippen LogP contribution in [0.2, 0.25) is 0 Å². The maximum Gasteiger partial charge on any atom is 0.193 e. The second kappa shape index (κ2) is 8.68. The number of nitrogens with one attached hydrogen (secondary N) is 1. The molecule has 2 heterocycles. The van der Waals surface area contributed by atoms with Crippen molar-refractivity contribution in [2.45, 2.75) is 69.0 Å². The Kier molecular flexibility index (Phi) is 6.72. The summed E-state index contributed by atoms with van der Waals surface area (Å²) in [7, 11) is -1.36. The lowest BCUT2D eigenvalue weighted by Crippen LogP contribution is -2.56. The average Bonchev–Trinajstić information content (AvgIpc) is 2.88. The van der Waals surface area contributed by atoms with Crippen LogP contribution in [0.5, 0.6) is 0 Å². The zero-order valence-corrected chi connectivity index (χ0v) is 18.0. The lowest BCUT2D eigenvalue weighted by molar-refractivity contribution is 0.0749. The van der Waals surface area contributed by atoms with Crippen molar-refractivity contribution in [3.05, 3.63) is 0 Å². The number of hydrogen-bond donors (Lipinski definition) is 1. The molecule has 7 heteroatoms. The van der Waals surface area contributed by atoms with Gasteiger partial charge in [0, 0.05) is 46.2 Å². The van der Waals surface area contributed by atoms with Crippen LogP contribution in [0.3, 0.4) is 0 Å². The summed E-state index contributed by atoms with van der Waals surface area (Å²) in [6, 6.07) is 0. The van der Waals surface area contributed by atoms with E-state index in [4.69, 9.17) is 4.74 Å². The lowest BCUT2D eigenvalue weighted by atomic mass is 9.74. The van der Waals surface area contributed by atoms with Crippen molar-refractivity contribution < 1.29 is 13.2 Å². The lowest BCUT2D eigenvalue weighted by Gasteiger charge is -2.44. The van der Waals surface area contributed by atoms with Crippen LogP contribution in [0, 0.1) is 5.41 Å². The van der Waals surface area contributed by atoms with Gasteiger partial charge in [-0.25, -0.2) is 8.42 Å². The molecular weight excluding hydrogens is 362 g/mol. The second-order valence-electron chi connectivity index (χ2n) is 8.91. The van der Waals surface area contributed by atoms with E-state index in [2.05, 4.69) is 15.2 Å². The molecule has 3 aliphatic rings. The number of sulfone groups is 1. The number of guanidine groups is 1. The van der Waals surface area contributed by atoms with E-state index in [9.17, 15) is 8.42 Å². The zero-order valence-electron chi connectivity index (χ0n) is 17.1. The molecule has 27 heavy (non-hydrogen) atoms. The van der Waals surface area contributed by atoms with Gasteiger partial charge < -0.3 is 15.0 Å². The molecule has 0 aromatic rings. The Morgan fingerprint density at radius 1 is 1.04 bits per heavy atom. The SMILES string of the molecule is CN=C(NCC1(S(C)(=O)=O)CCOCC1)N1CCCC2(CCCCCC2)C1. The minimum absolute atomic E-state index is 0.422. The molecule has 1 aliphatic carbocycles. The van der Waals surface area contributed by atoms with E-state index in [1.165, 1.54) is 57.6 Å². The van der Waals surface area contributed by atoms with Gasteiger partial charge in [-0.2, -0.15) is 0 Å². The molecule has 1 saturated carbocycles. The van der Waals surface area contributed by atoms with Crippen LogP contribution in [-0.2, 0) is 14.6 Å². The molecule has 2 aliphatic heterocycles. The van der Waals surface area contributed by atoms with Gasteiger partial charge in [0.2, 0.25) is 0 Å². The number of likely N-dealkylation sites (tertiary alicyclic amines) is 1. The fourth-order valence-electron chi connectivity index (χ4n) is 5.27. The van der Waals surface area contributed by atoms with E-state index in [0.717, 1.165) is 19.0 Å². The highest BCUT2D eigenvalue weighted by atomic mass is 32.2. The molecule has 156 valence electrons. The maximum absolute atomic E-state index is 12.5. The first kappa shape index (κ1) is 20.9. The Labute approximate surface area is 165 Å². The monoisotopic (exact) mass is 399 g/mol. The van der Waals surface area contributed by atoms with Crippen molar-refractivity contribution in [3.63, 3.8) is 0 Å². The van der Waals surface area contributed by atoms with Gasteiger partial charge in [-0.15, -0.1) is 0 Å². The molecule has 3 fully saturated rings. The number of rotatable bonds is 3. The van der Waals surface area contributed by atoms with Crippen molar-refractivity contribution >= 4 is 15.8 Å². The van der Waals surface area contributed by atoms with Crippen LogP contribution in [0.15, 0.2) is 4.99 Å². The first-order valence-electron chi connectivity index (χ1n) is 10.6. The van der Waals surface area contributed by atoms with Crippen molar-refractivity contribution in [1.29, 1.82) is 0 Å². The van der Waals surface area contributed by atoms with Gasteiger partial charge in [-0.3, -0.25) is 4.99 Å². The molecule has 0 atom stereocenters. The van der Waals surface area contributed by atoms with Crippen LogP contribution in [-0.4, -0.2) is 70.2 Å². The summed E-state index contributed by atoms with van der Waals surface area (Å²) >= 11 is 0. The van der Waals surface area contributed by atoms with Crippen molar-refractivity contribution in [1.82, 2.24) is 10.2 Å². The summed E-state index contributed by atoms with van der Waals surface area (Å²) in [5, 5.41) is 3.44. The van der Waals surface area contributed by atoms with Gasteiger partial charge in [0.15, 0.2) is 15.8 Å². The zero-order chi connectivity index (χ0) is 19.4.